The highest BCUT2D eigenvalue weighted by Crippen LogP contribution is 2.24. The quantitative estimate of drug-likeness (QED) is 0.872. The van der Waals surface area contributed by atoms with Gasteiger partial charge in [-0.15, -0.1) is 12.4 Å². The van der Waals surface area contributed by atoms with Gasteiger partial charge in [-0.2, -0.15) is 0 Å². The topological polar surface area (TPSA) is 41.6 Å². The third kappa shape index (κ3) is 4.77. The predicted octanol–water partition coefficient (Wildman–Crippen LogP) is 3.40. The average Bonchev–Trinajstić information content (AvgIpc) is 2.68. The predicted molar refractivity (Wildman–Crippen MR) is 107 cm³/mol. The van der Waals surface area contributed by atoms with Gasteiger partial charge in [0.1, 0.15) is 5.75 Å². The van der Waals surface area contributed by atoms with Gasteiger partial charge in [-0.05, 0) is 35.2 Å². The van der Waals surface area contributed by atoms with Crippen LogP contribution in [0.5, 0.6) is 5.75 Å². The third-order valence-electron chi connectivity index (χ3n) is 4.85. The van der Waals surface area contributed by atoms with Gasteiger partial charge in [0.15, 0.2) is 0 Å². The van der Waals surface area contributed by atoms with E-state index in [4.69, 9.17) is 4.74 Å². The van der Waals surface area contributed by atoms with Crippen LogP contribution in [0.3, 0.4) is 0 Å². The summed E-state index contributed by atoms with van der Waals surface area (Å²) in [5, 5.41) is 3.42. The number of ether oxygens (including phenoxy) is 1. The molecule has 1 amide bonds. The van der Waals surface area contributed by atoms with Crippen molar-refractivity contribution in [2.75, 3.05) is 26.7 Å². The van der Waals surface area contributed by atoms with Crippen LogP contribution in [0.2, 0.25) is 0 Å². The maximum absolute atomic E-state index is 12.9. The van der Waals surface area contributed by atoms with Gasteiger partial charge in [0.25, 0.3) is 0 Å². The summed E-state index contributed by atoms with van der Waals surface area (Å²) in [6, 6.07) is 16.5. The highest BCUT2D eigenvalue weighted by atomic mass is 35.5. The summed E-state index contributed by atoms with van der Waals surface area (Å²) in [5.74, 6) is 0.989. The number of carbonyl (C=O) groups is 1. The fourth-order valence-electron chi connectivity index (χ4n) is 3.30. The molecular formula is C21H27ClN2O2. The molecule has 0 bridgehead atoms. The fraction of sp³-hybridized carbons (Fsp3) is 0.381. The standard InChI is InChI=1S/C21H26N2O2.ClH/c1-3-16-4-8-18(9-5-16)20-15-22-12-13-23(20)21(24)14-17-6-10-19(25-2)11-7-17;/h4-11,20,22H,3,12-15H2,1-2H3;1H. The second-order valence-corrected chi connectivity index (χ2v) is 6.43. The van der Waals surface area contributed by atoms with Crippen molar-refractivity contribution in [2.24, 2.45) is 0 Å². The number of hydrogen-bond acceptors (Lipinski definition) is 3. The molecule has 1 saturated heterocycles. The van der Waals surface area contributed by atoms with Crippen LogP contribution < -0.4 is 10.1 Å². The van der Waals surface area contributed by atoms with Crippen molar-refractivity contribution in [1.82, 2.24) is 10.2 Å². The lowest BCUT2D eigenvalue weighted by Crippen LogP contribution is -2.49. The average molecular weight is 375 g/mol. The van der Waals surface area contributed by atoms with Crippen LogP contribution in [-0.2, 0) is 17.6 Å². The van der Waals surface area contributed by atoms with Crippen LogP contribution >= 0.6 is 12.4 Å². The molecule has 1 aliphatic rings. The lowest BCUT2D eigenvalue weighted by atomic mass is 10.00. The zero-order chi connectivity index (χ0) is 17.6. The highest BCUT2D eigenvalue weighted by molar-refractivity contribution is 5.85. The van der Waals surface area contributed by atoms with Gasteiger partial charge in [0.2, 0.25) is 5.91 Å². The van der Waals surface area contributed by atoms with Crippen LogP contribution in [0.4, 0.5) is 0 Å². The molecule has 3 rings (SSSR count). The SMILES string of the molecule is CCc1ccc(C2CNCCN2C(=O)Cc2ccc(OC)cc2)cc1.Cl. The van der Waals surface area contributed by atoms with Gasteiger partial charge in [-0.25, -0.2) is 0 Å². The minimum atomic E-state index is 0. The van der Waals surface area contributed by atoms with Gasteiger partial charge in [0, 0.05) is 19.6 Å². The Morgan fingerprint density at radius 3 is 2.38 bits per heavy atom. The molecular weight excluding hydrogens is 348 g/mol. The van der Waals surface area contributed by atoms with E-state index >= 15 is 0 Å². The second kappa shape index (κ2) is 9.60. The Morgan fingerprint density at radius 1 is 1.12 bits per heavy atom. The molecule has 1 heterocycles. The summed E-state index contributed by atoms with van der Waals surface area (Å²) >= 11 is 0. The molecule has 1 unspecified atom stereocenters. The largest absolute Gasteiger partial charge is 0.497 e. The number of piperazine rings is 1. The van der Waals surface area contributed by atoms with Gasteiger partial charge < -0.3 is 15.0 Å². The Balaban J connectivity index is 0.00000243. The van der Waals surface area contributed by atoms with E-state index in [1.807, 2.05) is 29.2 Å². The summed E-state index contributed by atoms with van der Waals surface area (Å²) in [6.07, 6.45) is 1.46. The van der Waals surface area contributed by atoms with Crippen molar-refractivity contribution < 1.29 is 9.53 Å². The third-order valence-corrected chi connectivity index (χ3v) is 4.85. The maximum atomic E-state index is 12.9. The number of rotatable bonds is 5. The molecule has 26 heavy (non-hydrogen) atoms. The van der Waals surface area contributed by atoms with Crippen molar-refractivity contribution in [3.63, 3.8) is 0 Å². The van der Waals surface area contributed by atoms with E-state index in [0.717, 1.165) is 37.4 Å². The van der Waals surface area contributed by atoms with Crippen molar-refractivity contribution >= 4 is 18.3 Å². The maximum Gasteiger partial charge on any atom is 0.227 e. The number of hydrogen-bond donors (Lipinski definition) is 1. The zero-order valence-electron chi connectivity index (χ0n) is 15.4. The Morgan fingerprint density at radius 2 is 1.77 bits per heavy atom. The van der Waals surface area contributed by atoms with E-state index in [2.05, 4.69) is 36.5 Å². The van der Waals surface area contributed by atoms with Crippen molar-refractivity contribution in [3.8, 4) is 5.75 Å². The minimum Gasteiger partial charge on any atom is -0.497 e. The minimum absolute atomic E-state index is 0. The molecule has 2 aromatic carbocycles. The van der Waals surface area contributed by atoms with Gasteiger partial charge >= 0.3 is 0 Å². The summed E-state index contributed by atoms with van der Waals surface area (Å²) in [5.41, 5.74) is 3.54. The first-order chi connectivity index (χ1) is 12.2. The second-order valence-electron chi connectivity index (χ2n) is 6.43. The Bertz CT molecular complexity index is 701. The zero-order valence-corrected chi connectivity index (χ0v) is 16.2. The monoisotopic (exact) mass is 374 g/mol. The van der Waals surface area contributed by atoms with Crippen molar-refractivity contribution in [1.29, 1.82) is 0 Å². The summed E-state index contributed by atoms with van der Waals surface area (Å²) < 4.78 is 5.18. The molecule has 0 aliphatic carbocycles. The molecule has 140 valence electrons. The first-order valence-electron chi connectivity index (χ1n) is 8.93. The van der Waals surface area contributed by atoms with E-state index < -0.39 is 0 Å². The normalized spacial score (nSPS) is 16.7. The van der Waals surface area contributed by atoms with E-state index in [-0.39, 0.29) is 24.4 Å². The van der Waals surface area contributed by atoms with E-state index in [0.29, 0.717) is 6.42 Å². The van der Waals surface area contributed by atoms with Crippen LogP contribution in [0.15, 0.2) is 48.5 Å². The first kappa shape index (κ1) is 20.3. The van der Waals surface area contributed by atoms with Crippen LogP contribution in [0.1, 0.15) is 29.7 Å². The number of benzene rings is 2. The molecule has 0 aromatic heterocycles. The molecule has 5 heteroatoms. The molecule has 1 fully saturated rings. The summed E-state index contributed by atoms with van der Waals surface area (Å²) in [4.78, 5) is 14.9. The Kier molecular flexibility index (Phi) is 7.49. The molecule has 1 aliphatic heterocycles. The molecule has 4 nitrogen and oxygen atoms in total. The lowest BCUT2D eigenvalue weighted by Gasteiger charge is -2.36. The van der Waals surface area contributed by atoms with Crippen molar-refractivity contribution in [3.05, 3.63) is 65.2 Å². The van der Waals surface area contributed by atoms with E-state index in [9.17, 15) is 4.79 Å². The Hall–Kier alpha value is -2.04. The molecule has 0 radical (unpaired) electrons. The number of nitrogens with one attached hydrogen (secondary N) is 1. The van der Waals surface area contributed by atoms with E-state index in [1.165, 1.54) is 11.1 Å². The summed E-state index contributed by atoms with van der Waals surface area (Å²) in [7, 11) is 1.65. The highest BCUT2D eigenvalue weighted by Gasteiger charge is 2.27. The van der Waals surface area contributed by atoms with Crippen LogP contribution in [0.25, 0.3) is 0 Å². The molecule has 1 N–H and O–H groups in total. The smallest absolute Gasteiger partial charge is 0.227 e. The molecule has 0 saturated carbocycles. The van der Waals surface area contributed by atoms with Crippen molar-refractivity contribution in [2.45, 2.75) is 25.8 Å². The molecule has 1 atom stereocenters. The number of halogens is 1. The van der Waals surface area contributed by atoms with E-state index in [1.54, 1.807) is 7.11 Å². The van der Waals surface area contributed by atoms with Crippen LogP contribution in [0, 0.1) is 0 Å². The van der Waals surface area contributed by atoms with Gasteiger partial charge in [-0.1, -0.05) is 43.3 Å². The van der Waals surface area contributed by atoms with Gasteiger partial charge in [-0.3, -0.25) is 4.79 Å². The van der Waals surface area contributed by atoms with Crippen LogP contribution in [-0.4, -0.2) is 37.6 Å². The number of amides is 1. The number of carbonyl (C=O) groups excluding carboxylic acids is 1. The lowest BCUT2D eigenvalue weighted by molar-refractivity contribution is -0.133. The Labute approximate surface area is 162 Å². The fourth-order valence-corrected chi connectivity index (χ4v) is 3.30. The number of aryl methyl sites for hydroxylation is 1. The summed E-state index contributed by atoms with van der Waals surface area (Å²) in [6.45, 7) is 4.55. The van der Waals surface area contributed by atoms with Gasteiger partial charge in [0.05, 0.1) is 19.6 Å². The number of methoxy groups -OCH3 is 1. The molecule has 2 aromatic rings. The first-order valence-corrected chi connectivity index (χ1v) is 8.93. The molecule has 0 spiro atoms. The number of nitrogens with zero attached hydrogens (tertiary/aromatic N) is 1.